The molecule has 0 bridgehead atoms. The van der Waals surface area contributed by atoms with Gasteiger partial charge in [-0.1, -0.05) is 12.1 Å². The molecular weight excluding hydrogens is 422 g/mol. The molecule has 0 aliphatic heterocycles. The number of carbonyl (C=O) groups excluding carboxylic acids is 2. The average Bonchev–Trinajstić information content (AvgIpc) is 3.31. The first-order valence-corrected chi connectivity index (χ1v) is 10.2. The highest BCUT2D eigenvalue weighted by Gasteiger charge is 2.15. The molecule has 9 heteroatoms. The van der Waals surface area contributed by atoms with Crippen LogP contribution in [0.15, 0.2) is 79.3 Å². The average molecular weight is 445 g/mol. The van der Waals surface area contributed by atoms with Gasteiger partial charge in [-0.2, -0.15) is 0 Å². The van der Waals surface area contributed by atoms with Crippen LogP contribution in [-0.2, 0) is 0 Å². The summed E-state index contributed by atoms with van der Waals surface area (Å²) in [4.78, 5) is 29.1. The number of amides is 3. The van der Waals surface area contributed by atoms with Crippen LogP contribution in [0.3, 0.4) is 0 Å². The van der Waals surface area contributed by atoms with E-state index in [1.54, 1.807) is 90.8 Å². The van der Waals surface area contributed by atoms with Crippen LogP contribution in [0.5, 0.6) is 5.75 Å². The van der Waals surface area contributed by atoms with Crippen LogP contribution in [0.2, 0.25) is 0 Å². The van der Waals surface area contributed by atoms with Crippen molar-refractivity contribution in [2.75, 3.05) is 24.4 Å². The van der Waals surface area contributed by atoms with Crippen LogP contribution in [0.1, 0.15) is 22.0 Å². The van der Waals surface area contributed by atoms with Crippen LogP contribution in [0.25, 0.3) is 5.65 Å². The minimum atomic E-state index is -0.556. The normalized spacial score (nSPS) is 11.6. The molecule has 9 nitrogen and oxygen atoms in total. The predicted octanol–water partition coefficient (Wildman–Crippen LogP) is 3.45. The Bertz CT molecular complexity index is 1250. The Balaban J connectivity index is 1.35. The summed E-state index contributed by atoms with van der Waals surface area (Å²) in [6.45, 7) is -0.247. The van der Waals surface area contributed by atoms with E-state index in [2.05, 4.69) is 20.9 Å². The number of benzene rings is 2. The third-order valence-corrected chi connectivity index (χ3v) is 5.06. The summed E-state index contributed by atoms with van der Waals surface area (Å²) in [6, 6.07) is 16.2. The summed E-state index contributed by atoms with van der Waals surface area (Å²) in [6.07, 6.45) is 5.23. The zero-order chi connectivity index (χ0) is 23.2. The Kier molecular flexibility index (Phi) is 6.51. The minimum Gasteiger partial charge on any atom is -0.497 e. The number of aromatic nitrogens is 2. The molecule has 2 heterocycles. The molecule has 0 spiro atoms. The van der Waals surface area contributed by atoms with E-state index in [0.717, 1.165) is 11.2 Å². The lowest BCUT2D eigenvalue weighted by atomic mass is 10.1. The fourth-order valence-corrected chi connectivity index (χ4v) is 3.30. The molecule has 0 radical (unpaired) electrons. The second-order valence-corrected chi connectivity index (χ2v) is 7.25. The van der Waals surface area contributed by atoms with Crippen molar-refractivity contribution in [3.05, 3.63) is 90.4 Å². The number of anilines is 2. The number of hydrogen-bond acceptors (Lipinski definition) is 5. The molecule has 0 aliphatic carbocycles. The highest BCUT2D eigenvalue weighted by Crippen LogP contribution is 2.19. The lowest BCUT2D eigenvalue weighted by molar-refractivity contribution is 0.0916. The van der Waals surface area contributed by atoms with Gasteiger partial charge in [-0.15, -0.1) is 0 Å². The summed E-state index contributed by atoms with van der Waals surface area (Å²) < 4.78 is 6.93. The number of pyridine rings is 1. The van der Waals surface area contributed by atoms with E-state index in [9.17, 15) is 14.7 Å². The Morgan fingerprint density at radius 2 is 1.70 bits per heavy atom. The van der Waals surface area contributed by atoms with E-state index in [1.165, 1.54) is 0 Å². The number of aliphatic hydroxyl groups is 1. The van der Waals surface area contributed by atoms with Gasteiger partial charge >= 0.3 is 6.03 Å². The number of imidazole rings is 1. The van der Waals surface area contributed by atoms with E-state index in [-0.39, 0.29) is 12.5 Å². The van der Waals surface area contributed by atoms with Gasteiger partial charge in [0.05, 0.1) is 25.4 Å². The van der Waals surface area contributed by atoms with Crippen molar-refractivity contribution in [1.82, 2.24) is 14.7 Å². The number of carbonyl (C=O) groups is 2. The first kappa shape index (κ1) is 21.8. The zero-order valence-corrected chi connectivity index (χ0v) is 17.9. The molecule has 0 saturated carbocycles. The van der Waals surface area contributed by atoms with Crippen molar-refractivity contribution >= 4 is 29.0 Å². The smallest absolute Gasteiger partial charge is 0.323 e. The highest BCUT2D eigenvalue weighted by molar-refractivity contribution is 6.00. The molecule has 2 aromatic carbocycles. The van der Waals surface area contributed by atoms with Gasteiger partial charge in [-0.05, 0) is 54.1 Å². The fraction of sp³-hybridized carbons (Fsp3) is 0.125. The van der Waals surface area contributed by atoms with E-state index in [4.69, 9.17) is 4.74 Å². The number of hydrogen-bond donors (Lipinski definition) is 4. The van der Waals surface area contributed by atoms with Crippen molar-refractivity contribution in [3.63, 3.8) is 0 Å². The molecule has 4 aromatic rings. The number of aliphatic hydroxyl groups excluding tert-OH is 1. The Hall–Kier alpha value is -4.37. The molecule has 0 saturated heterocycles. The SMILES string of the molecule is COc1ccc(C(CO)NC(=O)c2ccc(NC(=O)Nc3ccc4nccn4c3)cc2)cc1. The van der Waals surface area contributed by atoms with Crippen LogP contribution in [0.4, 0.5) is 16.2 Å². The summed E-state index contributed by atoms with van der Waals surface area (Å²) in [7, 11) is 1.57. The predicted molar refractivity (Wildman–Crippen MR) is 125 cm³/mol. The minimum absolute atomic E-state index is 0.247. The van der Waals surface area contributed by atoms with E-state index < -0.39 is 12.1 Å². The van der Waals surface area contributed by atoms with Gasteiger partial charge in [0.15, 0.2) is 0 Å². The maximum absolute atomic E-state index is 12.6. The quantitative estimate of drug-likeness (QED) is 0.348. The first-order valence-electron chi connectivity index (χ1n) is 10.2. The number of nitrogens with zero attached hydrogens (tertiary/aromatic N) is 2. The largest absolute Gasteiger partial charge is 0.497 e. The maximum Gasteiger partial charge on any atom is 0.323 e. The third kappa shape index (κ3) is 5.28. The van der Waals surface area contributed by atoms with E-state index >= 15 is 0 Å². The van der Waals surface area contributed by atoms with E-state index in [0.29, 0.717) is 22.7 Å². The second kappa shape index (κ2) is 9.84. The van der Waals surface area contributed by atoms with Crippen LogP contribution >= 0.6 is 0 Å². The van der Waals surface area contributed by atoms with Gasteiger partial charge < -0.3 is 30.2 Å². The van der Waals surface area contributed by atoms with Gasteiger partial charge in [0.2, 0.25) is 0 Å². The maximum atomic E-state index is 12.6. The number of methoxy groups -OCH3 is 1. The number of urea groups is 1. The summed E-state index contributed by atoms with van der Waals surface area (Å²) in [5, 5.41) is 18.0. The molecule has 2 aromatic heterocycles. The third-order valence-electron chi connectivity index (χ3n) is 5.06. The van der Waals surface area contributed by atoms with Crippen LogP contribution in [0, 0.1) is 0 Å². The Morgan fingerprint density at radius 3 is 2.39 bits per heavy atom. The number of fused-ring (bicyclic) bond motifs is 1. The first-order chi connectivity index (χ1) is 16.1. The zero-order valence-electron chi connectivity index (χ0n) is 17.9. The lowest BCUT2D eigenvalue weighted by Crippen LogP contribution is -2.30. The molecule has 4 rings (SSSR count). The molecular formula is C24H23N5O4. The molecule has 4 N–H and O–H groups in total. The van der Waals surface area contributed by atoms with Crippen molar-refractivity contribution < 1.29 is 19.4 Å². The number of ether oxygens (including phenoxy) is 1. The van der Waals surface area contributed by atoms with Crippen molar-refractivity contribution in [1.29, 1.82) is 0 Å². The summed E-state index contributed by atoms with van der Waals surface area (Å²) >= 11 is 0. The molecule has 0 fully saturated rings. The van der Waals surface area contributed by atoms with E-state index in [1.807, 2.05) is 0 Å². The lowest BCUT2D eigenvalue weighted by Gasteiger charge is -2.17. The van der Waals surface area contributed by atoms with Gasteiger partial charge in [0.1, 0.15) is 11.4 Å². The fourth-order valence-electron chi connectivity index (χ4n) is 3.30. The van der Waals surface area contributed by atoms with Gasteiger partial charge in [-0.3, -0.25) is 4.79 Å². The van der Waals surface area contributed by atoms with Crippen molar-refractivity contribution in [2.45, 2.75) is 6.04 Å². The Morgan fingerprint density at radius 1 is 1.00 bits per heavy atom. The number of rotatable bonds is 7. The molecule has 1 atom stereocenters. The van der Waals surface area contributed by atoms with Gasteiger partial charge in [-0.25, -0.2) is 9.78 Å². The van der Waals surface area contributed by atoms with Crippen LogP contribution < -0.4 is 20.7 Å². The summed E-state index contributed by atoms with van der Waals surface area (Å²) in [5.74, 6) is 0.352. The van der Waals surface area contributed by atoms with Gasteiger partial charge in [0, 0.05) is 29.8 Å². The van der Waals surface area contributed by atoms with Crippen molar-refractivity contribution in [3.8, 4) is 5.75 Å². The van der Waals surface area contributed by atoms with Crippen LogP contribution in [-0.4, -0.2) is 40.1 Å². The summed E-state index contributed by atoms with van der Waals surface area (Å²) in [5.41, 5.74) is 3.09. The molecule has 168 valence electrons. The monoisotopic (exact) mass is 445 g/mol. The Labute approximate surface area is 190 Å². The standard InChI is InChI=1S/C24H23N5O4/c1-33-20-9-4-16(5-10-20)21(15-30)28-23(31)17-2-6-18(7-3-17)26-24(32)27-19-8-11-22-25-12-13-29(22)14-19/h2-14,21,30H,15H2,1H3,(H,28,31)(H2,26,27,32). The molecule has 0 aliphatic rings. The molecule has 1 unspecified atom stereocenters. The van der Waals surface area contributed by atoms with Crippen molar-refractivity contribution in [2.24, 2.45) is 0 Å². The topological polar surface area (TPSA) is 117 Å². The highest BCUT2D eigenvalue weighted by atomic mass is 16.5. The number of nitrogens with one attached hydrogen (secondary N) is 3. The second-order valence-electron chi connectivity index (χ2n) is 7.25. The molecule has 3 amide bonds. The molecule has 33 heavy (non-hydrogen) atoms. The van der Waals surface area contributed by atoms with Gasteiger partial charge in [0.25, 0.3) is 5.91 Å².